The number of fused-ring (bicyclic) bond motifs is 1. The van der Waals surface area contributed by atoms with E-state index in [0.29, 0.717) is 42.2 Å². The third-order valence-corrected chi connectivity index (χ3v) is 6.72. The second-order valence-electron chi connectivity index (χ2n) is 9.28. The number of hydrogen-bond donors (Lipinski definition) is 1. The maximum Gasteiger partial charge on any atom is 0.290 e. The van der Waals surface area contributed by atoms with E-state index < -0.39 is 23.5 Å². The van der Waals surface area contributed by atoms with Crippen molar-refractivity contribution < 1.29 is 23.8 Å². The molecule has 8 nitrogen and oxygen atoms in total. The highest BCUT2D eigenvalue weighted by atomic mass is 16.5. The second kappa shape index (κ2) is 10.3. The van der Waals surface area contributed by atoms with Gasteiger partial charge in [-0.3, -0.25) is 9.59 Å². The fourth-order valence-electron chi connectivity index (χ4n) is 4.90. The molecule has 1 atom stereocenters. The van der Waals surface area contributed by atoms with Gasteiger partial charge in [0.1, 0.15) is 17.1 Å². The lowest BCUT2D eigenvalue weighted by molar-refractivity contribution is -0.129. The largest absolute Gasteiger partial charge is 0.503 e. The topological polar surface area (TPSA) is 97.8 Å². The van der Waals surface area contributed by atoms with Crippen molar-refractivity contribution in [2.45, 2.75) is 19.0 Å². The Labute approximate surface area is 224 Å². The van der Waals surface area contributed by atoms with E-state index >= 15 is 0 Å². The number of Topliss-reactive ketones (excluding diaryl/α,β-unsaturated/α-hetero) is 1. The molecule has 8 heteroatoms. The molecule has 0 radical (unpaired) electrons. The lowest BCUT2D eigenvalue weighted by atomic mass is 9.94. The zero-order chi connectivity index (χ0) is 26.8. The molecule has 0 bridgehead atoms. The molecule has 6 rings (SSSR count). The van der Waals surface area contributed by atoms with E-state index in [9.17, 15) is 14.7 Å². The minimum absolute atomic E-state index is 0.0152. The summed E-state index contributed by atoms with van der Waals surface area (Å²) in [6.07, 6.45) is 5.84. The molecular formula is C31H25N3O5. The Bertz CT molecular complexity index is 1640. The Morgan fingerprint density at radius 3 is 2.54 bits per heavy atom. The standard InChI is InChI=1S/C31H25N3O5/c35-29(26-19-21-8-4-5-13-25(21)39-26)27-28(22-9-6-12-24(18-22)38-23-10-2-1-3-11-23)34(31(37)30(27)36)16-7-15-33-17-14-32-20-33/h1-6,8-14,17-20,28,36H,7,15-16H2/t28-/m1/s1. The summed E-state index contributed by atoms with van der Waals surface area (Å²) in [5.41, 5.74) is 1.18. The van der Waals surface area contributed by atoms with Crippen LogP contribution in [0.15, 0.2) is 119 Å². The zero-order valence-electron chi connectivity index (χ0n) is 20.9. The van der Waals surface area contributed by atoms with Gasteiger partial charge in [-0.25, -0.2) is 4.98 Å². The number of carbonyl (C=O) groups excluding carboxylic acids is 2. The van der Waals surface area contributed by atoms with Crippen LogP contribution < -0.4 is 4.74 Å². The number of ketones is 1. The Hall–Kier alpha value is -5.11. The molecule has 1 aliphatic rings. The number of hydrogen-bond acceptors (Lipinski definition) is 6. The van der Waals surface area contributed by atoms with Crippen LogP contribution >= 0.6 is 0 Å². The molecule has 0 saturated carbocycles. The smallest absolute Gasteiger partial charge is 0.290 e. The third kappa shape index (κ3) is 4.80. The fraction of sp³-hybridized carbons (Fsp3) is 0.129. The van der Waals surface area contributed by atoms with Crippen LogP contribution in [0.3, 0.4) is 0 Å². The molecule has 0 aliphatic carbocycles. The molecule has 194 valence electrons. The predicted molar refractivity (Wildman–Crippen MR) is 144 cm³/mol. The summed E-state index contributed by atoms with van der Waals surface area (Å²) in [5, 5.41) is 11.8. The van der Waals surface area contributed by atoms with E-state index in [1.165, 1.54) is 4.90 Å². The first-order valence-electron chi connectivity index (χ1n) is 12.6. The van der Waals surface area contributed by atoms with Crippen LogP contribution in [0.4, 0.5) is 0 Å². The number of aromatic nitrogens is 2. The highest BCUT2D eigenvalue weighted by Crippen LogP contribution is 2.41. The molecule has 0 spiro atoms. The van der Waals surface area contributed by atoms with Gasteiger partial charge >= 0.3 is 0 Å². The summed E-state index contributed by atoms with van der Waals surface area (Å²) in [7, 11) is 0. The van der Waals surface area contributed by atoms with Crippen LogP contribution in [0.25, 0.3) is 11.0 Å². The monoisotopic (exact) mass is 519 g/mol. The first-order valence-corrected chi connectivity index (χ1v) is 12.6. The number of nitrogens with zero attached hydrogens (tertiary/aromatic N) is 3. The molecule has 39 heavy (non-hydrogen) atoms. The predicted octanol–water partition coefficient (Wildman–Crippen LogP) is 6.09. The van der Waals surface area contributed by atoms with E-state index in [4.69, 9.17) is 9.15 Å². The van der Waals surface area contributed by atoms with Gasteiger partial charge in [0.25, 0.3) is 5.91 Å². The van der Waals surface area contributed by atoms with Gasteiger partial charge in [0.05, 0.1) is 17.9 Å². The number of carbonyl (C=O) groups is 2. The SMILES string of the molecule is O=C(C1=C(O)C(=O)N(CCCn2ccnc2)[C@@H]1c1cccc(Oc2ccccc2)c1)c1cc2ccccc2o1. The molecule has 3 heterocycles. The average molecular weight is 520 g/mol. The molecule has 1 amide bonds. The van der Waals surface area contributed by atoms with E-state index in [1.807, 2.05) is 65.4 Å². The van der Waals surface area contributed by atoms with Gasteiger partial charge in [-0.15, -0.1) is 0 Å². The average Bonchev–Trinajstić information content (AvgIpc) is 3.69. The highest BCUT2D eigenvalue weighted by molar-refractivity contribution is 6.16. The van der Waals surface area contributed by atoms with Crippen LogP contribution in [0, 0.1) is 0 Å². The van der Waals surface area contributed by atoms with Gasteiger partial charge in [-0.05, 0) is 48.4 Å². The molecule has 3 aromatic carbocycles. The summed E-state index contributed by atoms with van der Waals surface area (Å²) in [6, 6.07) is 24.7. The molecule has 0 saturated heterocycles. The molecular weight excluding hydrogens is 494 g/mol. The molecule has 0 fully saturated rings. The normalized spacial score (nSPS) is 15.3. The molecule has 5 aromatic rings. The Morgan fingerprint density at radius 1 is 0.949 bits per heavy atom. The maximum absolute atomic E-state index is 13.8. The van der Waals surface area contributed by atoms with Crippen molar-refractivity contribution in [1.29, 1.82) is 0 Å². The number of rotatable bonds is 9. The van der Waals surface area contributed by atoms with Gasteiger partial charge in [-0.2, -0.15) is 0 Å². The van der Waals surface area contributed by atoms with E-state index in [-0.39, 0.29) is 11.3 Å². The van der Waals surface area contributed by atoms with Gasteiger partial charge in [-0.1, -0.05) is 48.5 Å². The summed E-state index contributed by atoms with van der Waals surface area (Å²) >= 11 is 0. The number of aliphatic hydroxyl groups is 1. The summed E-state index contributed by atoms with van der Waals surface area (Å²) in [4.78, 5) is 32.8. The number of furan rings is 1. The van der Waals surface area contributed by atoms with Gasteiger partial charge in [0.15, 0.2) is 11.5 Å². The summed E-state index contributed by atoms with van der Waals surface area (Å²) in [6.45, 7) is 0.938. The number of aryl methyl sites for hydroxylation is 1. The quantitative estimate of drug-likeness (QED) is 0.237. The lowest BCUT2D eigenvalue weighted by Gasteiger charge is -2.27. The Balaban J connectivity index is 1.36. The maximum atomic E-state index is 13.8. The minimum Gasteiger partial charge on any atom is -0.503 e. The second-order valence-corrected chi connectivity index (χ2v) is 9.28. The van der Waals surface area contributed by atoms with E-state index in [2.05, 4.69) is 4.98 Å². The lowest BCUT2D eigenvalue weighted by Crippen LogP contribution is -2.32. The van der Waals surface area contributed by atoms with Crippen LogP contribution in [-0.4, -0.2) is 37.8 Å². The van der Waals surface area contributed by atoms with Crippen LogP contribution in [0.2, 0.25) is 0 Å². The first kappa shape index (κ1) is 24.2. The van der Waals surface area contributed by atoms with Gasteiger partial charge < -0.3 is 23.7 Å². The molecule has 0 unspecified atom stereocenters. The first-order chi connectivity index (χ1) is 19.1. The number of ether oxygens (including phenoxy) is 1. The Kier molecular flexibility index (Phi) is 6.42. The van der Waals surface area contributed by atoms with Gasteiger partial charge in [0.2, 0.25) is 5.78 Å². The molecule has 2 aromatic heterocycles. The molecule has 1 N–H and O–H groups in total. The van der Waals surface area contributed by atoms with Crippen molar-refractivity contribution in [3.8, 4) is 11.5 Å². The van der Waals surface area contributed by atoms with Crippen molar-refractivity contribution in [1.82, 2.24) is 14.5 Å². The number of amides is 1. The number of benzene rings is 3. The third-order valence-electron chi connectivity index (χ3n) is 6.72. The number of aliphatic hydroxyl groups excluding tert-OH is 1. The summed E-state index contributed by atoms with van der Waals surface area (Å²) < 4.78 is 13.8. The zero-order valence-corrected chi connectivity index (χ0v) is 20.9. The Morgan fingerprint density at radius 2 is 1.74 bits per heavy atom. The van der Waals surface area contributed by atoms with E-state index in [0.717, 1.165) is 5.39 Å². The van der Waals surface area contributed by atoms with E-state index in [1.54, 1.807) is 42.9 Å². The van der Waals surface area contributed by atoms with Gasteiger partial charge in [0, 0.05) is 30.9 Å². The van der Waals surface area contributed by atoms with Crippen LogP contribution in [0.5, 0.6) is 11.5 Å². The minimum atomic E-state index is -0.819. The number of para-hydroxylation sites is 2. The van der Waals surface area contributed by atoms with Crippen molar-refractivity contribution in [3.05, 3.63) is 126 Å². The number of imidazole rings is 1. The van der Waals surface area contributed by atoms with Crippen molar-refractivity contribution in [2.24, 2.45) is 0 Å². The highest BCUT2D eigenvalue weighted by Gasteiger charge is 2.44. The summed E-state index contributed by atoms with van der Waals surface area (Å²) in [5.74, 6) is -0.430. The molecule has 1 aliphatic heterocycles. The van der Waals surface area contributed by atoms with Crippen molar-refractivity contribution >= 4 is 22.7 Å². The van der Waals surface area contributed by atoms with Crippen LogP contribution in [0.1, 0.15) is 28.6 Å². The van der Waals surface area contributed by atoms with Crippen LogP contribution in [-0.2, 0) is 11.3 Å². The van der Waals surface area contributed by atoms with Crippen molar-refractivity contribution in [3.63, 3.8) is 0 Å². The van der Waals surface area contributed by atoms with Crippen molar-refractivity contribution in [2.75, 3.05) is 6.54 Å². The fourth-order valence-corrected chi connectivity index (χ4v) is 4.90.